The second-order valence-corrected chi connectivity index (χ2v) is 4.62. The predicted molar refractivity (Wildman–Crippen MR) is 58.5 cm³/mol. The molecule has 1 N–H and O–H groups in total. The molecule has 0 aliphatic heterocycles. The van der Waals surface area contributed by atoms with Crippen molar-refractivity contribution in [3.63, 3.8) is 0 Å². The molecule has 0 atom stereocenters. The number of aromatic amines is 1. The zero-order valence-electron chi connectivity index (χ0n) is 8.53. The Balaban J connectivity index is 2.45. The third-order valence-corrected chi connectivity index (χ3v) is 3.54. The highest BCUT2D eigenvalue weighted by Gasteiger charge is 2.12. The molecule has 2 rings (SSSR count). The molecule has 14 heavy (non-hydrogen) atoms. The number of rotatable bonds is 2. The quantitative estimate of drug-likeness (QED) is 0.822. The summed E-state index contributed by atoms with van der Waals surface area (Å²) in [6, 6.07) is 1.98. The van der Waals surface area contributed by atoms with E-state index in [1.807, 2.05) is 13.0 Å². The zero-order chi connectivity index (χ0) is 10.1. The number of aromatic nitrogens is 3. The van der Waals surface area contributed by atoms with Gasteiger partial charge in [0.25, 0.3) is 0 Å². The van der Waals surface area contributed by atoms with E-state index in [1.54, 1.807) is 17.5 Å². The second-order valence-electron chi connectivity index (χ2n) is 3.59. The van der Waals surface area contributed by atoms with Crippen LogP contribution in [0.3, 0.4) is 0 Å². The van der Waals surface area contributed by atoms with Gasteiger partial charge in [0.1, 0.15) is 0 Å². The fraction of sp³-hybridized carbons (Fsp3) is 0.400. The summed E-state index contributed by atoms with van der Waals surface area (Å²) in [5.41, 5.74) is 2.15. The molecular weight excluding hydrogens is 194 g/mol. The van der Waals surface area contributed by atoms with Crippen molar-refractivity contribution in [3.8, 4) is 10.6 Å². The van der Waals surface area contributed by atoms with Crippen LogP contribution in [0.15, 0.2) is 12.3 Å². The van der Waals surface area contributed by atoms with Crippen LogP contribution in [-0.2, 0) is 0 Å². The Morgan fingerprint density at radius 1 is 1.43 bits per heavy atom. The molecule has 0 aromatic carbocycles. The third-order valence-electron chi connectivity index (χ3n) is 2.05. The molecule has 0 fully saturated rings. The molecule has 0 bridgehead atoms. The highest BCUT2D eigenvalue weighted by atomic mass is 32.1. The average Bonchev–Trinajstić information content (AvgIpc) is 2.71. The van der Waals surface area contributed by atoms with Gasteiger partial charge in [-0.2, -0.15) is 5.10 Å². The Kier molecular flexibility index (Phi) is 2.37. The molecule has 2 aromatic heterocycles. The fourth-order valence-electron chi connectivity index (χ4n) is 1.30. The summed E-state index contributed by atoms with van der Waals surface area (Å²) in [5, 5.41) is 8.10. The van der Waals surface area contributed by atoms with Gasteiger partial charge in [0.05, 0.1) is 21.3 Å². The van der Waals surface area contributed by atoms with Crippen LogP contribution >= 0.6 is 11.3 Å². The largest absolute Gasteiger partial charge is 0.277 e. The van der Waals surface area contributed by atoms with Crippen LogP contribution in [0.25, 0.3) is 10.6 Å². The number of thiazole rings is 1. The summed E-state index contributed by atoms with van der Waals surface area (Å²) in [6.45, 7) is 6.36. The number of nitrogens with one attached hydrogen (secondary N) is 1. The van der Waals surface area contributed by atoms with Gasteiger partial charge in [-0.1, -0.05) is 13.8 Å². The van der Waals surface area contributed by atoms with Gasteiger partial charge in [-0.3, -0.25) is 5.10 Å². The maximum atomic E-state index is 4.54. The maximum Gasteiger partial charge on any atom is 0.0960 e. The van der Waals surface area contributed by atoms with Gasteiger partial charge in [0, 0.05) is 12.1 Å². The van der Waals surface area contributed by atoms with Crippen molar-refractivity contribution in [2.45, 2.75) is 26.7 Å². The van der Waals surface area contributed by atoms with E-state index in [0.717, 1.165) is 11.4 Å². The Labute approximate surface area is 87.2 Å². The Bertz CT molecular complexity index is 415. The first-order valence-electron chi connectivity index (χ1n) is 4.65. The second kappa shape index (κ2) is 3.53. The lowest BCUT2D eigenvalue weighted by Gasteiger charge is -1.95. The van der Waals surface area contributed by atoms with E-state index in [2.05, 4.69) is 29.0 Å². The van der Waals surface area contributed by atoms with Gasteiger partial charge in [-0.15, -0.1) is 11.3 Å². The minimum absolute atomic E-state index is 0.496. The van der Waals surface area contributed by atoms with Crippen molar-refractivity contribution < 1.29 is 0 Å². The lowest BCUT2D eigenvalue weighted by atomic mass is 10.2. The van der Waals surface area contributed by atoms with Gasteiger partial charge in [-0.05, 0) is 13.0 Å². The molecule has 74 valence electrons. The minimum Gasteiger partial charge on any atom is -0.277 e. The summed E-state index contributed by atoms with van der Waals surface area (Å²) in [5.74, 6) is 0.496. The number of nitrogens with zero attached hydrogens (tertiary/aromatic N) is 2. The van der Waals surface area contributed by atoms with Crippen LogP contribution in [0.2, 0.25) is 0 Å². The predicted octanol–water partition coefficient (Wildman–Crippen LogP) is 2.97. The topological polar surface area (TPSA) is 41.6 Å². The number of H-pyrrole nitrogens is 1. The Morgan fingerprint density at radius 2 is 2.21 bits per heavy atom. The van der Waals surface area contributed by atoms with Crippen molar-refractivity contribution in [2.75, 3.05) is 0 Å². The fourth-order valence-corrected chi connectivity index (χ4v) is 2.34. The third kappa shape index (κ3) is 1.57. The van der Waals surface area contributed by atoms with Gasteiger partial charge in [-0.25, -0.2) is 4.98 Å². The molecule has 0 spiro atoms. The zero-order valence-corrected chi connectivity index (χ0v) is 9.35. The molecule has 0 saturated carbocycles. The van der Waals surface area contributed by atoms with Crippen LogP contribution in [0.4, 0.5) is 0 Å². The van der Waals surface area contributed by atoms with Crippen LogP contribution in [-0.4, -0.2) is 15.2 Å². The first-order valence-corrected chi connectivity index (χ1v) is 5.47. The summed E-state index contributed by atoms with van der Waals surface area (Å²) < 4.78 is 0. The van der Waals surface area contributed by atoms with E-state index in [-0.39, 0.29) is 0 Å². The van der Waals surface area contributed by atoms with E-state index in [4.69, 9.17) is 0 Å². The molecule has 0 saturated heterocycles. The summed E-state index contributed by atoms with van der Waals surface area (Å²) in [7, 11) is 0. The smallest absolute Gasteiger partial charge is 0.0960 e. The van der Waals surface area contributed by atoms with Crippen molar-refractivity contribution in [1.82, 2.24) is 15.2 Å². The number of aryl methyl sites for hydroxylation is 1. The normalized spacial score (nSPS) is 11.1. The first-order chi connectivity index (χ1) is 6.68. The van der Waals surface area contributed by atoms with Gasteiger partial charge in [0.15, 0.2) is 0 Å². The minimum atomic E-state index is 0.496. The molecule has 0 aliphatic carbocycles. The van der Waals surface area contributed by atoms with Crippen molar-refractivity contribution in [2.24, 2.45) is 0 Å². The van der Waals surface area contributed by atoms with E-state index in [9.17, 15) is 0 Å². The van der Waals surface area contributed by atoms with E-state index >= 15 is 0 Å². The Morgan fingerprint density at radius 3 is 2.71 bits per heavy atom. The highest BCUT2D eigenvalue weighted by molar-refractivity contribution is 7.15. The van der Waals surface area contributed by atoms with Crippen LogP contribution < -0.4 is 0 Å². The van der Waals surface area contributed by atoms with Gasteiger partial charge in [0.2, 0.25) is 0 Å². The Hall–Kier alpha value is -1.16. The molecular formula is C10H13N3S. The molecule has 0 radical (unpaired) electrons. The monoisotopic (exact) mass is 207 g/mol. The van der Waals surface area contributed by atoms with Crippen LogP contribution in [0.1, 0.15) is 30.5 Å². The standard InChI is InChI=1S/C10H13N3S/c1-6(2)10-12-7(3)9(14-10)8-4-5-11-13-8/h4-6H,1-3H3,(H,11,13). The van der Waals surface area contributed by atoms with E-state index < -0.39 is 0 Å². The average molecular weight is 207 g/mol. The van der Waals surface area contributed by atoms with Crippen molar-refractivity contribution >= 4 is 11.3 Å². The lowest BCUT2D eigenvalue weighted by molar-refractivity contribution is 0.847. The van der Waals surface area contributed by atoms with Crippen molar-refractivity contribution in [1.29, 1.82) is 0 Å². The van der Waals surface area contributed by atoms with Crippen LogP contribution in [0, 0.1) is 6.92 Å². The van der Waals surface area contributed by atoms with Crippen molar-refractivity contribution in [3.05, 3.63) is 23.0 Å². The summed E-state index contributed by atoms with van der Waals surface area (Å²) >= 11 is 1.74. The molecule has 4 heteroatoms. The van der Waals surface area contributed by atoms with Gasteiger partial charge < -0.3 is 0 Å². The van der Waals surface area contributed by atoms with E-state index in [0.29, 0.717) is 5.92 Å². The lowest BCUT2D eigenvalue weighted by Crippen LogP contribution is -1.84. The molecule has 0 unspecified atom stereocenters. The molecule has 3 nitrogen and oxygen atoms in total. The van der Waals surface area contributed by atoms with Crippen LogP contribution in [0.5, 0.6) is 0 Å². The number of hydrogen-bond donors (Lipinski definition) is 1. The summed E-state index contributed by atoms with van der Waals surface area (Å²) in [4.78, 5) is 5.74. The maximum absolute atomic E-state index is 4.54. The molecule has 2 aromatic rings. The number of hydrogen-bond acceptors (Lipinski definition) is 3. The molecule has 0 amide bonds. The molecule has 2 heterocycles. The van der Waals surface area contributed by atoms with E-state index in [1.165, 1.54) is 9.88 Å². The first kappa shape index (κ1) is 9.40. The molecule has 0 aliphatic rings. The summed E-state index contributed by atoms with van der Waals surface area (Å²) in [6.07, 6.45) is 1.77. The van der Waals surface area contributed by atoms with Gasteiger partial charge >= 0.3 is 0 Å². The highest BCUT2D eigenvalue weighted by Crippen LogP contribution is 2.31. The SMILES string of the molecule is Cc1nc(C(C)C)sc1-c1ccn[nH]1.